The zero-order valence-corrected chi connectivity index (χ0v) is 9.33. The van der Waals surface area contributed by atoms with Gasteiger partial charge in [-0.25, -0.2) is 9.69 Å². The average molecular weight is 278 g/mol. The van der Waals surface area contributed by atoms with Gasteiger partial charge in [0.05, 0.1) is 6.61 Å². The second-order valence-electron chi connectivity index (χ2n) is 3.39. The third kappa shape index (κ3) is 3.41. The third-order valence-corrected chi connectivity index (χ3v) is 2.15. The van der Waals surface area contributed by atoms with Crippen molar-refractivity contribution in [1.82, 2.24) is 9.88 Å². The third-order valence-electron chi connectivity index (χ3n) is 2.15. The number of alkyl halides is 3. The minimum atomic E-state index is -5.25. The molecular formula is C10H9F3N2O4. The summed E-state index contributed by atoms with van der Waals surface area (Å²) in [6.45, 7) is -1.37. The summed E-state index contributed by atoms with van der Waals surface area (Å²) in [5, 5.41) is 17.4. The highest BCUT2D eigenvalue weighted by molar-refractivity contribution is 5.95. The summed E-state index contributed by atoms with van der Waals surface area (Å²) in [5.74, 6) is -3.61. The minimum absolute atomic E-state index is 0.570. The van der Waals surface area contributed by atoms with Gasteiger partial charge in [0.25, 0.3) is 5.91 Å². The van der Waals surface area contributed by atoms with Crippen molar-refractivity contribution < 1.29 is 33.0 Å². The fourth-order valence-electron chi connectivity index (χ4n) is 1.32. The van der Waals surface area contributed by atoms with Gasteiger partial charge in [0.1, 0.15) is 5.69 Å². The molecule has 0 aliphatic rings. The first-order valence-electron chi connectivity index (χ1n) is 4.94. The van der Waals surface area contributed by atoms with Crippen molar-refractivity contribution in [2.75, 3.05) is 6.61 Å². The normalized spacial score (nSPS) is 12.8. The topological polar surface area (TPSA) is 90.7 Å². The second kappa shape index (κ2) is 5.65. The molecule has 104 valence electrons. The van der Waals surface area contributed by atoms with Crippen LogP contribution in [0.3, 0.4) is 0 Å². The number of aliphatic hydroxyl groups excluding tert-OH is 1. The fourth-order valence-corrected chi connectivity index (χ4v) is 1.32. The highest BCUT2D eigenvalue weighted by Crippen LogP contribution is 2.26. The van der Waals surface area contributed by atoms with E-state index in [1.165, 1.54) is 12.1 Å². The number of rotatable bonds is 4. The lowest BCUT2D eigenvalue weighted by Crippen LogP contribution is -2.54. The van der Waals surface area contributed by atoms with E-state index in [2.05, 4.69) is 4.98 Å². The first-order chi connectivity index (χ1) is 8.79. The Hall–Kier alpha value is -2.16. The monoisotopic (exact) mass is 278 g/mol. The summed E-state index contributed by atoms with van der Waals surface area (Å²) in [6.07, 6.45) is -4.16. The zero-order chi connectivity index (χ0) is 14.6. The SMILES string of the molecule is O=C(O)C(CO)N(C(=O)c1ccccn1)C(F)(F)F. The van der Waals surface area contributed by atoms with E-state index in [1.807, 2.05) is 0 Å². The first kappa shape index (κ1) is 14.9. The molecule has 0 saturated heterocycles. The highest BCUT2D eigenvalue weighted by atomic mass is 19.4. The molecule has 0 aliphatic carbocycles. The lowest BCUT2D eigenvalue weighted by Gasteiger charge is -2.28. The molecule has 6 nitrogen and oxygen atoms in total. The molecule has 9 heteroatoms. The van der Waals surface area contributed by atoms with Crippen molar-refractivity contribution in [3.63, 3.8) is 0 Å². The minimum Gasteiger partial charge on any atom is -0.480 e. The molecule has 0 aromatic carbocycles. The number of carboxylic acids is 1. The highest BCUT2D eigenvalue weighted by Gasteiger charge is 2.48. The molecule has 2 N–H and O–H groups in total. The molecule has 1 aromatic heterocycles. The molecule has 1 rings (SSSR count). The number of amides is 1. The molecule has 1 unspecified atom stereocenters. The van der Waals surface area contributed by atoms with Crippen molar-refractivity contribution in [2.24, 2.45) is 0 Å². The van der Waals surface area contributed by atoms with E-state index in [0.29, 0.717) is 0 Å². The quantitative estimate of drug-likeness (QED) is 0.782. The Bertz CT molecular complexity index is 464. The Balaban J connectivity index is 3.19. The Morgan fingerprint density at radius 2 is 2.00 bits per heavy atom. The number of aromatic nitrogens is 1. The van der Waals surface area contributed by atoms with Gasteiger partial charge in [-0.3, -0.25) is 9.78 Å². The predicted molar refractivity (Wildman–Crippen MR) is 55.0 cm³/mol. The molecule has 19 heavy (non-hydrogen) atoms. The maximum atomic E-state index is 12.8. The van der Waals surface area contributed by atoms with Crippen LogP contribution in [0.15, 0.2) is 24.4 Å². The van der Waals surface area contributed by atoms with E-state index >= 15 is 0 Å². The number of pyridine rings is 1. The molecule has 1 heterocycles. The van der Waals surface area contributed by atoms with E-state index in [1.54, 1.807) is 0 Å². The molecule has 0 aliphatic heterocycles. The van der Waals surface area contributed by atoms with Crippen LogP contribution in [-0.2, 0) is 4.79 Å². The van der Waals surface area contributed by atoms with Crippen LogP contribution in [0.25, 0.3) is 0 Å². The van der Waals surface area contributed by atoms with Crippen molar-refractivity contribution >= 4 is 11.9 Å². The molecule has 0 bridgehead atoms. The number of hydrogen-bond donors (Lipinski definition) is 2. The first-order valence-corrected chi connectivity index (χ1v) is 4.94. The standard InChI is InChI=1S/C10H9F3N2O4/c11-10(12,13)15(7(5-16)9(18)19)8(17)6-3-1-2-4-14-6/h1-4,7,16H,5H2,(H,18,19). The van der Waals surface area contributed by atoms with Crippen molar-refractivity contribution in [2.45, 2.75) is 12.3 Å². The molecule has 1 amide bonds. The van der Waals surface area contributed by atoms with Crippen LogP contribution in [0.2, 0.25) is 0 Å². The number of aliphatic hydroxyl groups is 1. The van der Waals surface area contributed by atoms with Gasteiger partial charge in [-0.1, -0.05) is 6.07 Å². The fraction of sp³-hybridized carbons (Fsp3) is 0.300. The summed E-state index contributed by atoms with van der Waals surface area (Å²) in [7, 11) is 0. The Morgan fingerprint density at radius 1 is 1.37 bits per heavy atom. The van der Waals surface area contributed by atoms with E-state index in [-0.39, 0.29) is 0 Å². The second-order valence-corrected chi connectivity index (χ2v) is 3.39. The summed E-state index contributed by atoms with van der Waals surface area (Å²) in [6, 6.07) is 1.26. The summed E-state index contributed by atoms with van der Waals surface area (Å²) >= 11 is 0. The largest absolute Gasteiger partial charge is 0.488 e. The lowest BCUT2D eigenvalue weighted by molar-refractivity contribution is -0.241. The number of hydrogen-bond acceptors (Lipinski definition) is 4. The van der Waals surface area contributed by atoms with Gasteiger partial charge in [0.15, 0.2) is 6.04 Å². The molecule has 1 atom stereocenters. The van der Waals surface area contributed by atoms with Crippen LogP contribution >= 0.6 is 0 Å². The molecule has 0 saturated carbocycles. The van der Waals surface area contributed by atoms with Crippen LogP contribution in [0.1, 0.15) is 10.5 Å². The predicted octanol–water partition coefficient (Wildman–Crippen LogP) is 0.489. The van der Waals surface area contributed by atoms with Gasteiger partial charge < -0.3 is 10.2 Å². The summed E-state index contributed by atoms with van der Waals surface area (Å²) in [4.78, 5) is 24.9. The van der Waals surface area contributed by atoms with Gasteiger partial charge in [-0.2, -0.15) is 0 Å². The average Bonchev–Trinajstić information content (AvgIpc) is 2.34. The number of carboxylic acid groups (broad SMARTS) is 1. The van der Waals surface area contributed by atoms with E-state index in [0.717, 1.165) is 12.3 Å². The number of carbonyl (C=O) groups excluding carboxylic acids is 1. The van der Waals surface area contributed by atoms with E-state index < -0.39 is 41.4 Å². The smallest absolute Gasteiger partial charge is 0.480 e. The zero-order valence-electron chi connectivity index (χ0n) is 9.33. The number of carbonyl (C=O) groups is 2. The van der Waals surface area contributed by atoms with E-state index in [4.69, 9.17) is 10.2 Å². The van der Waals surface area contributed by atoms with Crippen LogP contribution in [0.4, 0.5) is 13.2 Å². The van der Waals surface area contributed by atoms with Crippen LogP contribution in [-0.4, -0.2) is 50.9 Å². The number of aliphatic carboxylic acids is 1. The molecule has 0 radical (unpaired) electrons. The van der Waals surface area contributed by atoms with E-state index in [9.17, 15) is 22.8 Å². The maximum Gasteiger partial charge on any atom is 0.488 e. The van der Waals surface area contributed by atoms with Crippen molar-refractivity contribution in [3.05, 3.63) is 30.1 Å². The number of halogens is 3. The van der Waals surface area contributed by atoms with Crippen molar-refractivity contribution in [1.29, 1.82) is 0 Å². The lowest BCUT2D eigenvalue weighted by atomic mass is 10.2. The number of nitrogens with zero attached hydrogens (tertiary/aromatic N) is 2. The maximum absolute atomic E-state index is 12.8. The van der Waals surface area contributed by atoms with Crippen LogP contribution in [0.5, 0.6) is 0 Å². The molecular weight excluding hydrogens is 269 g/mol. The molecule has 0 spiro atoms. The van der Waals surface area contributed by atoms with Gasteiger partial charge in [-0.15, -0.1) is 13.2 Å². The summed E-state index contributed by atoms with van der Waals surface area (Å²) in [5.41, 5.74) is -0.570. The van der Waals surface area contributed by atoms with Gasteiger partial charge in [0, 0.05) is 6.20 Å². The van der Waals surface area contributed by atoms with Gasteiger partial charge in [-0.05, 0) is 12.1 Å². The molecule has 0 fully saturated rings. The summed E-state index contributed by atoms with van der Waals surface area (Å²) < 4.78 is 38.3. The van der Waals surface area contributed by atoms with Crippen LogP contribution in [0, 0.1) is 0 Å². The van der Waals surface area contributed by atoms with Crippen LogP contribution < -0.4 is 0 Å². The van der Waals surface area contributed by atoms with Gasteiger partial charge >= 0.3 is 12.3 Å². The Morgan fingerprint density at radius 3 is 2.37 bits per heavy atom. The van der Waals surface area contributed by atoms with Crippen molar-refractivity contribution in [3.8, 4) is 0 Å². The van der Waals surface area contributed by atoms with Gasteiger partial charge in [0.2, 0.25) is 0 Å². The Kier molecular flexibility index (Phi) is 4.43. The molecule has 1 aromatic rings. The Labute approximate surface area is 105 Å².